The molecule has 2 heterocycles. The number of aromatic nitrogens is 1. The summed E-state index contributed by atoms with van der Waals surface area (Å²) in [6.07, 6.45) is 5.17. The molecule has 5 nitrogen and oxygen atoms in total. The Kier molecular flexibility index (Phi) is 4.37. The molecule has 1 aromatic rings. The van der Waals surface area contributed by atoms with E-state index < -0.39 is 0 Å². The zero-order chi connectivity index (χ0) is 13.8. The Balaban J connectivity index is 2.22. The van der Waals surface area contributed by atoms with Crippen molar-refractivity contribution in [3.05, 3.63) is 24.0 Å². The van der Waals surface area contributed by atoms with Crippen LogP contribution in [-0.4, -0.2) is 42.0 Å². The molecule has 19 heavy (non-hydrogen) atoms. The minimum atomic E-state index is -0.0124. The first-order valence-electron chi connectivity index (χ1n) is 6.66. The van der Waals surface area contributed by atoms with E-state index in [1.165, 1.54) is 0 Å². The van der Waals surface area contributed by atoms with Gasteiger partial charge in [-0.1, -0.05) is 6.92 Å². The Labute approximate surface area is 113 Å². The van der Waals surface area contributed by atoms with Crippen LogP contribution >= 0.6 is 0 Å². The van der Waals surface area contributed by atoms with Crippen LogP contribution in [-0.2, 0) is 0 Å². The summed E-state index contributed by atoms with van der Waals surface area (Å²) in [4.78, 5) is 18.5. The van der Waals surface area contributed by atoms with E-state index in [4.69, 9.17) is 10.5 Å². The molecular weight excluding hydrogens is 242 g/mol. The molecule has 0 aromatic carbocycles. The lowest BCUT2D eigenvalue weighted by molar-refractivity contribution is 0.0570. The molecule has 2 atom stereocenters. The number of likely N-dealkylation sites (tertiary alicyclic amines) is 1. The lowest BCUT2D eigenvalue weighted by Crippen LogP contribution is -2.49. The predicted octanol–water partition coefficient (Wildman–Crippen LogP) is 1.29. The van der Waals surface area contributed by atoms with Crippen molar-refractivity contribution in [3.63, 3.8) is 0 Å². The van der Waals surface area contributed by atoms with Gasteiger partial charge in [-0.3, -0.25) is 9.78 Å². The number of nitrogens with zero attached hydrogens (tertiary/aromatic N) is 2. The van der Waals surface area contributed by atoms with Crippen molar-refractivity contribution in [1.82, 2.24) is 9.88 Å². The summed E-state index contributed by atoms with van der Waals surface area (Å²) in [5.41, 5.74) is 6.37. The molecular formula is C14H21N3O2. The van der Waals surface area contributed by atoms with Crippen molar-refractivity contribution in [1.29, 1.82) is 0 Å². The first-order chi connectivity index (χ1) is 9.17. The molecule has 0 radical (unpaired) electrons. The average Bonchev–Trinajstić information content (AvgIpc) is 2.46. The minimum absolute atomic E-state index is 0.0124. The first-order valence-corrected chi connectivity index (χ1v) is 6.66. The third kappa shape index (κ3) is 2.87. The quantitative estimate of drug-likeness (QED) is 0.892. The number of carbonyl (C=O) groups excluding carboxylic acids is 1. The van der Waals surface area contributed by atoms with E-state index in [-0.39, 0.29) is 11.9 Å². The van der Waals surface area contributed by atoms with Gasteiger partial charge in [0.2, 0.25) is 0 Å². The highest BCUT2D eigenvalue weighted by molar-refractivity contribution is 5.97. The van der Waals surface area contributed by atoms with Crippen LogP contribution in [0.1, 0.15) is 30.1 Å². The van der Waals surface area contributed by atoms with Crippen LogP contribution in [0, 0.1) is 5.92 Å². The van der Waals surface area contributed by atoms with Crippen LogP contribution in [0.3, 0.4) is 0 Å². The van der Waals surface area contributed by atoms with Crippen LogP contribution in [0.2, 0.25) is 0 Å². The average molecular weight is 263 g/mol. The number of hydrogen-bond donors (Lipinski definition) is 1. The highest BCUT2D eigenvalue weighted by Crippen LogP contribution is 2.26. The first kappa shape index (κ1) is 13.8. The number of carbonyl (C=O) groups is 1. The smallest absolute Gasteiger partial charge is 0.258 e. The summed E-state index contributed by atoms with van der Waals surface area (Å²) < 4.78 is 5.21. The third-order valence-corrected chi connectivity index (χ3v) is 3.75. The number of methoxy groups -OCH3 is 1. The van der Waals surface area contributed by atoms with Crippen LogP contribution in [0.25, 0.3) is 0 Å². The van der Waals surface area contributed by atoms with Crippen LogP contribution < -0.4 is 10.5 Å². The highest BCUT2D eigenvalue weighted by atomic mass is 16.5. The molecule has 0 saturated carbocycles. The fourth-order valence-electron chi connectivity index (χ4n) is 2.62. The Morgan fingerprint density at radius 2 is 2.42 bits per heavy atom. The van der Waals surface area contributed by atoms with Gasteiger partial charge in [0.15, 0.2) is 0 Å². The number of rotatable bonds is 3. The molecule has 104 valence electrons. The molecule has 1 aliphatic heterocycles. The molecule has 2 rings (SSSR count). The maximum Gasteiger partial charge on any atom is 0.258 e. The molecule has 1 saturated heterocycles. The van der Waals surface area contributed by atoms with Gasteiger partial charge in [-0.05, 0) is 24.8 Å². The van der Waals surface area contributed by atoms with E-state index in [1.54, 1.807) is 25.6 Å². The van der Waals surface area contributed by atoms with Gasteiger partial charge in [0.25, 0.3) is 5.91 Å². The zero-order valence-electron chi connectivity index (χ0n) is 11.5. The maximum absolute atomic E-state index is 12.6. The number of nitrogens with two attached hydrogens (primary N) is 1. The summed E-state index contributed by atoms with van der Waals surface area (Å²) in [6, 6.07) is 1.82. The number of amides is 1. The van der Waals surface area contributed by atoms with Crippen LogP contribution in [0.4, 0.5) is 0 Å². The number of pyridine rings is 1. The maximum atomic E-state index is 12.6. The van der Waals surface area contributed by atoms with Gasteiger partial charge in [-0.15, -0.1) is 0 Å². The van der Waals surface area contributed by atoms with Gasteiger partial charge in [-0.25, -0.2) is 0 Å². The van der Waals surface area contributed by atoms with E-state index >= 15 is 0 Å². The minimum Gasteiger partial charge on any atom is -0.494 e. The SMILES string of the molecule is COc1cnccc1C(=O)N1CCC(C)CC1CN. The molecule has 2 N–H and O–H groups in total. The van der Waals surface area contributed by atoms with Crippen molar-refractivity contribution in [2.75, 3.05) is 20.2 Å². The van der Waals surface area contributed by atoms with Crippen molar-refractivity contribution in [2.45, 2.75) is 25.8 Å². The van der Waals surface area contributed by atoms with E-state index in [0.717, 1.165) is 19.4 Å². The Morgan fingerprint density at radius 3 is 3.11 bits per heavy atom. The van der Waals surface area contributed by atoms with Gasteiger partial charge in [0, 0.05) is 25.3 Å². The lowest BCUT2D eigenvalue weighted by atomic mass is 9.92. The molecule has 0 aliphatic carbocycles. The van der Waals surface area contributed by atoms with Crippen LogP contribution in [0.15, 0.2) is 18.5 Å². The summed E-state index contributed by atoms with van der Waals surface area (Å²) in [6.45, 7) is 3.47. The van der Waals surface area contributed by atoms with Gasteiger partial charge in [-0.2, -0.15) is 0 Å². The standard InChI is InChI=1S/C14H21N3O2/c1-10-4-6-17(11(7-10)8-15)14(18)12-3-5-16-9-13(12)19-2/h3,5,9-11H,4,6-8,15H2,1-2H3. The van der Waals surface area contributed by atoms with Gasteiger partial charge < -0.3 is 15.4 Å². The van der Waals surface area contributed by atoms with Crippen molar-refractivity contribution in [2.24, 2.45) is 11.7 Å². The van der Waals surface area contributed by atoms with E-state index in [2.05, 4.69) is 11.9 Å². The topological polar surface area (TPSA) is 68.5 Å². The molecule has 0 bridgehead atoms. The number of hydrogen-bond acceptors (Lipinski definition) is 4. The largest absolute Gasteiger partial charge is 0.494 e. The second-order valence-corrected chi connectivity index (χ2v) is 5.09. The molecule has 0 spiro atoms. The zero-order valence-corrected chi connectivity index (χ0v) is 11.5. The van der Waals surface area contributed by atoms with Crippen LogP contribution in [0.5, 0.6) is 5.75 Å². The van der Waals surface area contributed by atoms with Crippen molar-refractivity contribution >= 4 is 5.91 Å². The monoisotopic (exact) mass is 263 g/mol. The summed E-state index contributed by atoms with van der Waals surface area (Å²) in [5, 5.41) is 0. The molecule has 2 unspecified atom stereocenters. The molecule has 1 fully saturated rings. The third-order valence-electron chi connectivity index (χ3n) is 3.75. The van der Waals surface area contributed by atoms with E-state index in [1.807, 2.05) is 4.90 Å². The second kappa shape index (κ2) is 6.02. The van der Waals surface area contributed by atoms with E-state index in [9.17, 15) is 4.79 Å². The van der Waals surface area contributed by atoms with E-state index in [0.29, 0.717) is 23.8 Å². The Bertz CT molecular complexity index is 450. The molecule has 1 aliphatic rings. The van der Waals surface area contributed by atoms with Gasteiger partial charge >= 0.3 is 0 Å². The molecule has 5 heteroatoms. The molecule has 1 aromatic heterocycles. The number of piperidine rings is 1. The summed E-state index contributed by atoms with van der Waals surface area (Å²) in [5.74, 6) is 1.13. The Hall–Kier alpha value is -1.62. The molecule has 1 amide bonds. The second-order valence-electron chi connectivity index (χ2n) is 5.09. The fraction of sp³-hybridized carbons (Fsp3) is 0.571. The number of ether oxygens (including phenoxy) is 1. The lowest BCUT2D eigenvalue weighted by Gasteiger charge is -2.38. The van der Waals surface area contributed by atoms with Gasteiger partial charge in [0.05, 0.1) is 18.9 Å². The fourth-order valence-corrected chi connectivity index (χ4v) is 2.62. The van der Waals surface area contributed by atoms with Gasteiger partial charge in [0.1, 0.15) is 5.75 Å². The normalized spacial score (nSPS) is 23.2. The Morgan fingerprint density at radius 1 is 1.63 bits per heavy atom. The van der Waals surface area contributed by atoms with Crippen molar-refractivity contribution in [3.8, 4) is 5.75 Å². The predicted molar refractivity (Wildman–Crippen MR) is 73.1 cm³/mol. The van der Waals surface area contributed by atoms with Crippen molar-refractivity contribution < 1.29 is 9.53 Å². The highest BCUT2D eigenvalue weighted by Gasteiger charge is 2.30. The summed E-state index contributed by atoms with van der Waals surface area (Å²) in [7, 11) is 1.55. The summed E-state index contributed by atoms with van der Waals surface area (Å²) >= 11 is 0.